The zero-order valence-electron chi connectivity index (χ0n) is 13.9. The van der Waals surface area contributed by atoms with Gasteiger partial charge in [-0.3, -0.25) is 14.5 Å². The first kappa shape index (κ1) is 17.0. The number of carbonyl (C=O) groups is 2. The number of rotatable bonds is 5. The zero-order valence-corrected chi connectivity index (χ0v) is 13.9. The highest BCUT2D eigenvalue weighted by Crippen LogP contribution is 2.22. The molecule has 1 heterocycles. The molecule has 2 aromatic carbocycles. The van der Waals surface area contributed by atoms with Crippen molar-refractivity contribution in [2.75, 3.05) is 32.7 Å². The Morgan fingerprint density at radius 3 is 2.28 bits per heavy atom. The highest BCUT2D eigenvalue weighted by atomic mass is 16.5. The summed E-state index contributed by atoms with van der Waals surface area (Å²) in [7, 11) is 0. The lowest BCUT2D eigenvalue weighted by Crippen LogP contribution is -2.50. The molecule has 0 aliphatic carbocycles. The molecule has 3 rings (SSSR count). The van der Waals surface area contributed by atoms with E-state index in [2.05, 4.69) is 0 Å². The van der Waals surface area contributed by atoms with Crippen molar-refractivity contribution < 1.29 is 14.3 Å². The average Bonchev–Trinajstić information content (AvgIpc) is 2.62. The lowest BCUT2D eigenvalue weighted by molar-refractivity contribution is -0.119. The monoisotopic (exact) mass is 339 g/mol. The van der Waals surface area contributed by atoms with E-state index in [1.54, 1.807) is 17.0 Å². The van der Waals surface area contributed by atoms with Gasteiger partial charge < -0.3 is 15.4 Å². The molecule has 1 fully saturated rings. The van der Waals surface area contributed by atoms with Crippen LogP contribution >= 0.6 is 0 Å². The smallest absolute Gasteiger partial charge is 0.254 e. The van der Waals surface area contributed by atoms with Gasteiger partial charge in [0.2, 0.25) is 5.91 Å². The Morgan fingerprint density at radius 1 is 0.920 bits per heavy atom. The minimum Gasteiger partial charge on any atom is -0.457 e. The summed E-state index contributed by atoms with van der Waals surface area (Å²) in [4.78, 5) is 27.4. The molecule has 0 aromatic heterocycles. The van der Waals surface area contributed by atoms with Crippen LogP contribution < -0.4 is 10.5 Å². The predicted octanol–water partition coefficient (Wildman–Crippen LogP) is 1.72. The van der Waals surface area contributed by atoms with Crippen LogP contribution in [-0.4, -0.2) is 54.3 Å². The van der Waals surface area contributed by atoms with E-state index in [9.17, 15) is 9.59 Å². The van der Waals surface area contributed by atoms with Crippen molar-refractivity contribution in [1.82, 2.24) is 9.80 Å². The number of nitrogens with two attached hydrogens (primary N) is 1. The molecule has 0 bridgehead atoms. The molecule has 25 heavy (non-hydrogen) atoms. The van der Waals surface area contributed by atoms with Gasteiger partial charge in [-0.2, -0.15) is 0 Å². The summed E-state index contributed by atoms with van der Waals surface area (Å²) in [6.45, 7) is 2.69. The standard InChI is InChI=1S/C19H21N3O3/c20-18(23)14-21-9-11-22(12-10-21)19(24)15-5-4-8-17(13-15)25-16-6-2-1-3-7-16/h1-8,13H,9-12,14H2,(H2,20,23). The zero-order chi connectivity index (χ0) is 17.6. The maximum Gasteiger partial charge on any atom is 0.254 e. The summed E-state index contributed by atoms with van der Waals surface area (Å²) in [5, 5.41) is 0. The van der Waals surface area contributed by atoms with Gasteiger partial charge in [-0.05, 0) is 30.3 Å². The van der Waals surface area contributed by atoms with E-state index >= 15 is 0 Å². The second-order valence-electron chi connectivity index (χ2n) is 5.98. The molecule has 0 unspecified atom stereocenters. The van der Waals surface area contributed by atoms with Gasteiger partial charge in [-0.15, -0.1) is 0 Å². The fraction of sp³-hybridized carbons (Fsp3) is 0.263. The lowest BCUT2D eigenvalue weighted by atomic mass is 10.1. The molecule has 6 heteroatoms. The minimum absolute atomic E-state index is 0.0303. The number of carbonyl (C=O) groups excluding carboxylic acids is 2. The van der Waals surface area contributed by atoms with Crippen LogP contribution in [-0.2, 0) is 4.79 Å². The van der Waals surface area contributed by atoms with E-state index in [0.29, 0.717) is 37.5 Å². The fourth-order valence-corrected chi connectivity index (χ4v) is 2.83. The second-order valence-corrected chi connectivity index (χ2v) is 5.98. The van der Waals surface area contributed by atoms with Crippen LogP contribution in [0.1, 0.15) is 10.4 Å². The summed E-state index contributed by atoms with van der Waals surface area (Å²) < 4.78 is 5.79. The van der Waals surface area contributed by atoms with Crippen LogP contribution in [0, 0.1) is 0 Å². The van der Waals surface area contributed by atoms with Gasteiger partial charge in [0.15, 0.2) is 0 Å². The molecule has 0 spiro atoms. The number of para-hydroxylation sites is 1. The van der Waals surface area contributed by atoms with Crippen molar-refractivity contribution in [3.05, 3.63) is 60.2 Å². The molecular formula is C19H21N3O3. The molecule has 2 amide bonds. The van der Waals surface area contributed by atoms with E-state index in [0.717, 1.165) is 5.75 Å². The van der Waals surface area contributed by atoms with Crippen LogP contribution in [0.2, 0.25) is 0 Å². The van der Waals surface area contributed by atoms with E-state index < -0.39 is 0 Å². The van der Waals surface area contributed by atoms with Crippen molar-refractivity contribution in [3.8, 4) is 11.5 Å². The Kier molecular flexibility index (Phi) is 5.30. The quantitative estimate of drug-likeness (QED) is 0.900. The fourth-order valence-electron chi connectivity index (χ4n) is 2.83. The molecule has 2 N–H and O–H groups in total. The average molecular weight is 339 g/mol. The van der Waals surface area contributed by atoms with Crippen LogP contribution in [0.25, 0.3) is 0 Å². The Balaban J connectivity index is 1.63. The first-order valence-electron chi connectivity index (χ1n) is 8.25. The molecule has 0 atom stereocenters. The number of primary amides is 1. The number of hydrogen-bond acceptors (Lipinski definition) is 4. The van der Waals surface area contributed by atoms with Gasteiger partial charge >= 0.3 is 0 Å². The summed E-state index contributed by atoms with van der Waals surface area (Å²) >= 11 is 0. The molecule has 2 aromatic rings. The van der Waals surface area contributed by atoms with Crippen LogP contribution in [0.3, 0.4) is 0 Å². The van der Waals surface area contributed by atoms with E-state index in [4.69, 9.17) is 10.5 Å². The second kappa shape index (κ2) is 7.81. The number of amides is 2. The number of nitrogens with zero attached hydrogens (tertiary/aromatic N) is 2. The maximum atomic E-state index is 12.7. The molecule has 6 nitrogen and oxygen atoms in total. The van der Waals surface area contributed by atoms with Gasteiger partial charge in [0.25, 0.3) is 5.91 Å². The van der Waals surface area contributed by atoms with Gasteiger partial charge in [0.05, 0.1) is 6.54 Å². The third-order valence-corrected chi connectivity index (χ3v) is 4.10. The number of hydrogen-bond donors (Lipinski definition) is 1. The highest BCUT2D eigenvalue weighted by Gasteiger charge is 2.23. The molecule has 1 aliphatic heterocycles. The molecule has 0 radical (unpaired) electrons. The number of benzene rings is 2. The van der Waals surface area contributed by atoms with Gasteiger partial charge in [-0.25, -0.2) is 0 Å². The summed E-state index contributed by atoms with van der Waals surface area (Å²) in [5.41, 5.74) is 5.81. The van der Waals surface area contributed by atoms with Crippen molar-refractivity contribution in [2.24, 2.45) is 5.73 Å². The Labute approximate surface area is 146 Å². The van der Waals surface area contributed by atoms with Gasteiger partial charge in [-0.1, -0.05) is 24.3 Å². The van der Waals surface area contributed by atoms with E-state index in [1.165, 1.54) is 0 Å². The molecular weight excluding hydrogens is 318 g/mol. The Hall–Kier alpha value is -2.86. The number of ether oxygens (including phenoxy) is 1. The highest BCUT2D eigenvalue weighted by molar-refractivity contribution is 5.94. The van der Waals surface area contributed by atoms with Gasteiger partial charge in [0.1, 0.15) is 11.5 Å². The first-order valence-corrected chi connectivity index (χ1v) is 8.25. The predicted molar refractivity (Wildman–Crippen MR) is 94.5 cm³/mol. The van der Waals surface area contributed by atoms with Crippen molar-refractivity contribution in [3.63, 3.8) is 0 Å². The number of piperazine rings is 1. The van der Waals surface area contributed by atoms with Crippen LogP contribution in [0.15, 0.2) is 54.6 Å². The van der Waals surface area contributed by atoms with E-state index in [1.807, 2.05) is 47.4 Å². The minimum atomic E-state index is -0.342. The summed E-state index contributed by atoms with van der Waals surface area (Å²) in [6.07, 6.45) is 0. The molecule has 1 aliphatic rings. The molecule has 0 saturated carbocycles. The Bertz CT molecular complexity index is 741. The third-order valence-electron chi connectivity index (χ3n) is 4.10. The first-order chi connectivity index (χ1) is 12.1. The van der Waals surface area contributed by atoms with Crippen LogP contribution in [0.4, 0.5) is 0 Å². The molecule has 130 valence electrons. The SMILES string of the molecule is NC(=O)CN1CCN(C(=O)c2cccc(Oc3ccccc3)c2)CC1. The van der Waals surface area contributed by atoms with Crippen LogP contribution in [0.5, 0.6) is 11.5 Å². The third kappa shape index (κ3) is 4.58. The van der Waals surface area contributed by atoms with Crippen molar-refractivity contribution in [1.29, 1.82) is 0 Å². The lowest BCUT2D eigenvalue weighted by Gasteiger charge is -2.34. The van der Waals surface area contributed by atoms with Crippen molar-refractivity contribution >= 4 is 11.8 Å². The normalized spacial score (nSPS) is 15.0. The largest absolute Gasteiger partial charge is 0.457 e. The summed E-state index contributed by atoms with van der Waals surface area (Å²) in [5.74, 6) is 0.986. The van der Waals surface area contributed by atoms with Crippen molar-refractivity contribution in [2.45, 2.75) is 0 Å². The summed E-state index contributed by atoms with van der Waals surface area (Å²) in [6, 6.07) is 16.6. The topological polar surface area (TPSA) is 75.9 Å². The molecule has 1 saturated heterocycles. The van der Waals surface area contributed by atoms with Gasteiger partial charge in [0, 0.05) is 31.7 Å². The van der Waals surface area contributed by atoms with E-state index in [-0.39, 0.29) is 18.4 Å². The maximum absolute atomic E-state index is 12.7. The Morgan fingerprint density at radius 2 is 1.60 bits per heavy atom.